The molecule has 1 amide bonds. The number of hydrogen-bond donors (Lipinski definition) is 0. The molecule has 0 saturated heterocycles. The summed E-state index contributed by atoms with van der Waals surface area (Å²) in [5.74, 6) is 0.644. The predicted molar refractivity (Wildman–Crippen MR) is 102 cm³/mol. The molecule has 3 aromatic rings. The Morgan fingerprint density at radius 1 is 1.07 bits per heavy atom. The van der Waals surface area contributed by atoms with E-state index >= 15 is 0 Å². The summed E-state index contributed by atoms with van der Waals surface area (Å²) in [7, 11) is 1.75. The molecule has 0 spiro atoms. The van der Waals surface area contributed by atoms with Crippen LogP contribution in [0.5, 0.6) is 5.75 Å². The zero-order chi connectivity index (χ0) is 19.4. The van der Waals surface area contributed by atoms with Gasteiger partial charge in [-0.3, -0.25) is 9.48 Å². The molecule has 0 fully saturated rings. The van der Waals surface area contributed by atoms with Gasteiger partial charge in [0.1, 0.15) is 5.75 Å². The molecule has 2 aromatic heterocycles. The highest BCUT2D eigenvalue weighted by molar-refractivity contribution is 5.91. The van der Waals surface area contributed by atoms with Gasteiger partial charge in [-0.1, -0.05) is 6.07 Å². The van der Waals surface area contributed by atoms with Gasteiger partial charge in [-0.25, -0.2) is 4.68 Å². The molecule has 0 aliphatic carbocycles. The number of carbonyl (C=O) groups excluding carboxylic acids is 1. The number of aryl methyl sites for hydroxylation is 3. The smallest absolute Gasteiger partial charge is 0.274 e. The summed E-state index contributed by atoms with van der Waals surface area (Å²) in [6.45, 7) is 7.59. The quantitative estimate of drug-likeness (QED) is 0.644. The van der Waals surface area contributed by atoms with Gasteiger partial charge in [0.15, 0.2) is 12.4 Å². The molecular formula is C20H25N5O2. The van der Waals surface area contributed by atoms with Gasteiger partial charge in [-0.05, 0) is 56.2 Å². The number of amides is 1. The first-order valence-corrected chi connectivity index (χ1v) is 8.97. The van der Waals surface area contributed by atoms with Gasteiger partial charge in [0, 0.05) is 26.0 Å². The van der Waals surface area contributed by atoms with Crippen LogP contribution in [-0.4, -0.2) is 37.4 Å². The molecule has 27 heavy (non-hydrogen) atoms. The highest BCUT2D eigenvalue weighted by atomic mass is 16.5. The van der Waals surface area contributed by atoms with Crippen molar-refractivity contribution in [3.8, 4) is 5.75 Å². The van der Waals surface area contributed by atoms with Crippen molar-refractivity contribution in [1.82, 2.24) is 24.5 Å². The third-order valence-corrected chi connectivity index (χ3v) is 4.18. The molecular weight excluding hydrogens is 342 g/mol. The molecule has 0 aliphatic heterocycles. The summed E-state index contributed by atoms with van der Waals surface area (Å²) < 4.78 is 9.24. The number of aromatic nitrogens is 4. The SMILES string of the molecule is CCn1ccc(CN(C)C(=O)c2ccn(COc3cc(C)cc(C)c3)n2)n1. The molecule has 1 aromatic carbocycles. The van der Waals surface area contributed by atoms with Gasteiger partial charge >= 0.3 is 0 Å². The second-order valence-corrected chi connectivity index (χ2v) is 6.66. The molecule has 3 rings (SSSR count). The summed E-state index contributed by atoms with van der Waals surface area (Å²) in [6, 6.07) is 9.67. The van der Waals surface area contributed by atoms with E-state index in [4.69, 9.17) is 4.74 Å². The first-order valence-electron chi connectivity index (χ1n) is 8.97. The lowest BCUT2D eigenvalue weighted by molar-refractivity contribution is 0.0775. The van der Waals surface area contributed by atoms with Crippen molar-refractivity contribution in [2.75, 3.05) is 7.05 Å². The fourth-order valence-electron chi connectivity index (χ4n) is 2.88. The van der Waals surface area contributed by atoms with Crippen LogP contribution in [0.4, 0.5) is 0 Å². The first-order chi connectivity index (χ1) is 12.9. The molecule has 7 heteroatoms. The van der Waals surface area contributed by atoms with Crippen LogP contribution in [0.3, 0.4) is 0 Å². The van der Waals surface area contributed by atoms with E-state index in [0.717, 1.165) is 29.1 Å². The van der Waals surface area contributed by atoms with Crippen LogP contribution < -0.4 is 4.74 Å². The van der Waals surface area contributed by atoms with E-state index in [-0.39, 0.29) is 12.6 Å². The van der Waals surface area contributed by atoms with Crippen LogP contribution in [0.1, 0.15) is 34.2 Å². The Bertz CT molecular complexity index is 908. The summed E-state index contributed by atoms with van der Waals surface area (Å²) in [5.41, 5.74) is 3.53. The maximum Gasteiger partial charge on any atom is 0.274 e. The van der Waals surface area contributed by atoms with Crippen molar-refractivity contribution in [1.29, 1.82) is 0 Å². The Balaban J connectivity index is 1.59. The number of nitrogens with zero attached hydrogens (tertiary/aromatic N) is 5. The Labute approximate surface area is 159 Å². The number of ether oxygens (including phenoxy) is 1. The van der Waals surface area contributed by atoms with Crippen molar-refractivity contribution in [3.63, 3.8) is 0 Å². The second-order valence-electron chi connectivity index (χ2n) is 6.66. The van der Waals surface area contributed by atoms with Gasteiger partial charge < -0.3 is 9.64 Å². The van der Waals surface area contributed by atoms with E-state index in [1.54, 1.807) is 28.9 Å². The molecule has 0 aliphatic rings. The van der Waals surface area contributed by atoms with Gasteiger partial charge in [0.05, 0.1) is 12.2 Å². The predicted octanol–water partition coefficient (Wildman–Crippen LogP) is 3.03. The van der Waals surface area contributed by atoms with Crippen LogP contribution in [0, 0.1) is 13.8 Å². The van der Waals surface area contributed by atoms with Gasteiger partial charge in [-0.2, -0.15) is 10.2 Å². The number of carbonyl (C=O) groups is 1. The summed E-state index contributed by atoms with van der Waals surface area (Å²) in [5, 5.41) is 8.73. The third kappa shape index (κ3) is 4.75. The lowest BCUT2D eigenvalue weighted by Crippen LogP contribution is -2.27. The average molecular weight is 367 g/mol. The molecule has 0 bridgehead atoms. The van der Waals surface area contributed by atoms with Crippen molar-refractivity contribution >= 4 is 5.91 Å². The molecule has 142 valence electrons. The molecule has 0 N–H and O–H groups in total. The van der Waals surface area contributed by atoms with Crippen molar-refractivity contribution in [2.24, 2.45) is 0 Å². The third-order valence-electron chi connectivity index (χ3n) is 4.18. The maximum atomic E-state index is 12.6. The Morgan fingerprint density at radius 2 is 1.78 bits per heavy atom. The average Bonchev–Trinajstić information content (AvgIpc) is 3.27. The van der Waals surface area contributed by atoms with Crippen LogP contribution >= 0.6 is 0 Å². The molecule has 0 unspecified atom stereocenters. The second kappa shape index (κ2) is 8.07. The molecule has 0 saturated carbocycles. The van der Waals surface area contributed by atoms with Gasteiger partial charge in [-0.15, -0.1) is 0 Å². The highest BCUT2D eigenvalue weighted by Gasteiger charge is 2.16. The van der Waals surface area contributed by atoms with Crippen LogP contribution in [-0.2, 0) is 19.8 Å². The largest absolute Gasteiger partial charge is 0.471 e. The first kappa shape index (κ1) is 18.7. The fourth-order valence-corrected chi connectivity index (χ4v) is 2.88. The molecule has 0 atom stereocenters. The highest BCUT2D eigenvalue weighted by Crippen LogP contribution is 2.16. The summed E-state index contributed by atoms with van der Waals surface area (Å²) >= 11 is 0. The van der Waals surface area contributed by atoms with Crippen molar-refractivity contribution in [3.05, 3.63) is 65.2 Å². The Hall–Kier alpha value is -3.09. The number of hydrogen-bond acceptors (Lipinski definition) is 4. The zero-order valence-electron chi connectivity index (χ0n) is 16.2. The monoisotopic (exact) mass is 367 g/mol. The van der Waals surface area contributed by atoms with Crippen molar-refractivity contribution < 1.29 is 9.53 Å². The fraction of sp³-hybridized carbons (Fsp3) is 0.350. The lowest BCUT2D eigenvalue weighted by Gasteiger charge is -2.14. The van der Waals surface area contributed by atoms with E-state index in [1.165, 1.54) is 0 Å². The van der Waals surface area contributed by atoms with Gasteiger partial charge in [0.2, 0.25) is 0 Å². The maximum absolute atomic E-state index is 12.6. The van der Waals surface area contributed by atoms with Crippen LogP contribution in [0.25, 0.3) is 0 Å². The van der Waals surface area contributed by atoms with E-state index in [0.29, 0.717) is 12.2 Å². The lowest BCUT2D eigenvalue weighted by atomic mass is 10.1. The topological polar surface area (TPSA) is 65.2 Å². The molecule has 0 radical (unpaired) electrons. The van der Waals surface area contributed by atoms with E-state index in [2.05, 4.69) is 16.3 Å². The van der Waals surface area contributed by atoms with Crippen molar-refractivity contribution in [2.45, 2.75) is 40.6 Å². The minimum absolute atomic E-state index is 0.147. The Kier molecular flexibility index (Phi) is 5.59. The number of rotatable bonds is 7. The molecule has 2 heterocycles. The van der Waals surface area contributed by atoms with Gasteiger partial charge in [0.25, 0.3) is 5.91 Å². The Morgan fingerprint density at radius 3 is 2.44 bits per heavy atom. The number of benzene rings is 1. The van der Waals surface area contributed by atoms with E-state index in [1.807, 2.05) is 49.8 Å². The van der Waals surface area contributed by atoms with E-state index in [9.17, 15) is 4.79 Å². The summed E-state index contributed by atoms with van der Waals surface area (Å²) in [6.07, 6.45) is 3.66. The minimum atomic E-state index is -0.147. The van der Waals surface area contributed by atoms with E-state index < -0.39 is 0 Å². The standard InChI is InChI=1S/C20H25N5O2/c1-5-24-8-6-17(21-24)13-23(4)20(26)19-7-9-25(22-19)14-27-18-11-15(2)10-16(3)12-18/h6-12H,5,13-14H2,1-4H3. The zero-order valence-corrected chi connectivity index (χ0v) is 16.2. The van der Waals surface area contributed by atoms with Crippen LogP contribution in [0.15, 0.2) is 42.7 Å². The molecule has 7 nitrogen and oxygen atoms in total. The normalized spacial score (nSPS) is 10.8. The van der Waals surface area contributed by atoms with Crippen LogP contribution in [0.2, 0.25) is 0 Å². The summed E-state index contributed by atoms with van der Waals surface area (Å²) in [4.78, 5) is 14.2. The minimum Gasteiger partial charge on any atom is -0.471 e.